The molecule has 2 aromatic rings. The summed E-state index contributed by atoms with van der Waals surface area (Å²) in [6.45, 7) is 2.25. The Labute approximate surface area is 133 Å². The van der Waals surface area contributed by atoms with E-state index in [9.17, 15) is 14.9 Å². The highest BCUT2D eigenvalue weighted by molar-refractivity contribution is 5.86. The predicted molar refractivity (Wildman–Crippen MR) is 88.7 cm³/mol. The summed E-state index contributed by atoms with van der Waals surface area (Å²) in [7, 11) is 0. The first-order valence-electron chi connectivity index (χ1n) is 7.97. The number of H-pyrrole nitrogens is 1. The zero-order chi connectivity index (χ0) is 16.4. The number of nitrogens with one attached hydrogen (secondary N) is 2. The van der Waals surface area contributed by atoms with E-state index in [2.05, 4.69) is 22.2 Å². The van der Waals surface area contributed by atoms with Crippen molar-refractivity contribution in [2.24, 2.45) is 5.92 Å². The number of nitro benzene ring substituents is 1. The first-order valence-corrected chi connectivity index (χ1v) is 7.97. The zero-order valence-electron chi connectivity index (χ0n) is 13.0. The molecule has 122 valence electrons. The van der Waals surface area contributed by atoms with Crippen LogP contribution < -0.4 is 10.9 Å². The first-order chi connectivity index (χ1) is 11.0. The van der Waals surface area contributed by atoms with Crippen LogP contribution in [0.4, 0.5) is 11.4 Å². The van der Waals surface area contributed by atoms with Crippen molar-refractivity contribution in [3.63, 3.8) is 0 Å². The molecule has 0 bridgehead atoms. The lowest BCUT2D eigenvalue weighted by atomic mass is 10.0. The number of hydrogen-bond donors (Lipinski definition) is 2. The van der Waals surface area contributed by atoms with E-state index in [1.807, 2.05) is 0 Å². The summed E-state index contributed by atoms with van der Waals surface area (Å²) in [6, 6.07) is 3.14. The molecule has 1 aliphatic rings. The van der Waals surface area contributed by atoms with E-state index in [0.29, 0.717) is 17.1 Å². The Morgan fingerprint density at radius 3 is 2.91 bits per heavy atom. The predicted octanol–water partition coefficient (Wildman–Crippen LogP) is 3.21. The smallest absolute Gasteiger partial charge is 0.293 e. The molecule has 0 radical (unpaired) electrons. The third-order valence-corrected chi connectivity index (χ3v) is 4.57. The lowest BCUT2D eigenvalue weighted by molar-refractivity contribution is -0.383. The Bertz CT molecular complexity index is 786. The molecule has 3 rings (SSSR count). The van der Waals surface area contributed by atoms with Gasteiger partial charge in [-0.1, -0.05) is 19.8 Å². The van der Waals surface area contributed by atoms with E-state index in [1.165, 1.54) is 18.8 Å². The van der Waals surface area contributed by atoms with Crippen LogP contribution in [0.1, 0.15) is 39.0 Å². The summed E-state index contributed by atoms with van der Waals surface area (Å²) < 4.78 is 0. The second kappa shape index (κ2) is 6.36. The number of aromatic nitrogens is 2. The van der Waals surface area contributed by atoms with Crippen LogP contribution in [0.5, 0.6) is 0 Å². The largest absolute Gasteiger partial charge is 0.377 e. The van der Waals surface area contributed by atoms with Gasteiger partial charge in [0, 0.05) is 12.1 Å². The lowest BCUT2D eigenvalue weighted by Crippen LogP contribution is -2.19. The third-order valence-electron chi connectivity index (χ3n) is 4.57. The Balaban J connectivity index is 1.97. The van der Waals surface area contributed by atoms with Crippen molar-refractivity contribution < 1.29 is 4.92 Å². The van der Waals surface area contributed by atoms with Crippen molar-refractivity contribution in [1.29, 1.82) is 0 Å². The summed E-state index contributed by atoms with van der Waals surface area (Å²) in [5.41, 5.74) is 0.463. The zero-order valence-corrected chi connectivity index (χ0v) is 13.0. The Morgan fingerprint density at radius 2 is 2.13 bits per heavy atom. The fourth-order valence-corrected chi connectivity index (χ4v) is 3.22. The van der Waals surface area contributed by atoms with Crippen molar-refractivity contribution >= 4 is 22.3 Å². The van der Waals surface area contributed by atoms with Crippen LogP contribution in [0.3, 0.4) is 0 Å². The maximum atomic E-state index is 11.8. The van der Waals surface area contributed by atoms with Gasteiger partial charge in [-0.25, -0.2) is 4.98 Å². The number of rotatable bonds is 3. The van der Waals surface area contributed by atoms with Gasteiger partial charge >= 0.3 is 0 Å². The van der Waals surface area contributed by atoms with Crippen molar-refractivity contribution in [2.75, 3.05) is 5.32 Å². The molecule has 0 aliphatic heterocycles. The molecule has 1 aliphatic carbocycles. The Morgan fingerprint density at radius 1 is 1.30 bits per heavy atom. The third kappa shape index (κ3) is 3.33. The molecule has 2 atom stereocenters. The van der Waals surface area contributed by atoms with Crippen LogP contribution in [0, 0.1) is 16.0 Å². The fourth-order valence-electron chi connectivity index (χ4n) is 3.22. The van der Waals surface area contributed by atoms with Gasteiger partial charge in [-0.2, -0.15) is 0 Å². The van der Waals surface area contributed by atoms with Gasteiger partial charge in [0.1, 0.15) is 5.69 Å². The van der Waals surface area contributed by atoms with Crippen molar-refractivity contribution in [3.8, 4) is 0 Å². The van der Waals surface area contributed by atoms with Crippen LogP contribution in [0.15, 0.2) is 23.3 Å². The molecule has 1 saturated carbocycles. The highest BCUT2D eigenvalue weighted by atomic mass is 16.6. The van der Waals surface area contributed by atoms with Gasteiger partial charge in [-0.3, -0.25) is 14.9 Å². The molecule has 0 amide bonds. The van der Waals surface area contributed by atoms with Gasteiger partial charge in [-0.15, -0.1) is 0 Å². The van der Waals surface area contributed by atoms with Crippen LogP contribution in [-0.2, 0) is 0 Å². The van der Waals surface area contributed by atoms with E-state index < -0.39 is 4.92 Å². The molecule has 2 unspecified atom stereocenters. The van der Waals surface area contributed by atoms with Gasteiger partial charge in [0.05, 0.1) is 22.2 Å². The van der Waals surface area contributed by atoms with E-state index in [-0.39, 0.29) is 22.7 Å². The standard InChI is InChI=1S/C16H20N4O3/c1-10-3-2-4-11(6-5-10)19-14-8-13-12(7-15(14)20(22)23)16(21)18-9-17-13/h7-11,19H,2-6H2,1H3,(H,17,18,21). The normalized spacial score (nSPS) is 21.8. The number of benzene rings is 1. The molecule has 1 aromatic heterocycles. The van der Waals surface area contributed by atoms with Gasteiger partial charge in [0.2, 0.25) is 0 Å². The maximum absolute atomic E-state index is 11.8. The summed E-state index contributed by atoms with van der Waals surface area (Å²) in [5.74, 6) is 0.702. The molecular formula is C16H20N4O3. The highest BCUT2D eigenvalue weighted by Crippen LogP contribution is 2.31. The minimum atomic E-state index is -0.451. The average Bonchev–Trinajstić information content (AvgIpc) is 2.71. The highest BCUT2D eigenvalue weighted by Gasteiger charge is 2.22. The SMILES string of the molecule is CC1CCCC(Nc2cc3nc[nH]c(=O)c3cc2[N+](=O)[O-])CC1. The molecule has 0 spiro atoms. The molecule has 2 N–H and O–H groups in total. The summed E-state index contributed by atoms with van der Waals surface area (Å²) >= 11 is 0. The number of hydrogen-bond acceptors (Lipinski definition) is 5. The first kappa shape index (κ1) is 15.5. The summed E-state index contributed by atoms with van der Waals surface area (Å²) in [4.78, 5) is 29.3. The molecule has 1 heterocycles. The van der Waals surface area contributed by atoms with E-state index in [0.717, 1.165) is 25.7 Å². The van der Waals surface area contributed by atoms with Crippen molar-refractivity contribution in [3.05, 3.63) is 38.9 Å². The van der Waals surface area contributed by atoms with Crippen LogP contribution in [0.2, 0.25) is 0 Å². The van der Waals surface area contributed by atoms with E-state index >= 15 is 0 Å². The van der Waals surface area contributed by atoms with E-state index in [4.69, 9.17) is 0 Å². The quantitative estimate of drug-likeness (QED) is 0.514. The van der Waals surface area contributed by atoms with Crippen LogP contribution in [-0.4, -0.2) is 20.9 Å². The van der Waals surface area contributed by atoms with Crippen molar-refractivity contribution in [1.82, 2.24) is 9.97 Å². The molecular weight excluding hydrogens is 296 g/mol. The number of fused-ring (bicyclic) bond motifs is 1. The maximum Gasteiger partial charge on any atom is 0.293 e. The summed E-state index contributed by atoms with van der Waals surface area (Å²) in [6.07, 6.45) is 6.76. The minimum Gasteiger partial charge on any atom is -0.377 e. The Kier molecular flexibility index (Phi) is 4.27. The van der Waals surface area contributed by atoms with Gasteiger partial charge in [-0.05, 0) is 31.2 Å². The fraction of sp³-hybridized carbons (Fsp3) is 0.500. The second-order valence-corrected chi connectivity index (χ2v) is 6.33. The van der Waals surface area contributed by atoms with Gasteiger partial charge < -0.3 is 10.3 Å². The minimum absolute atomic E-state index is 0.0757. The van der Waals surface area contributed by atoms with Gasteiger partial charge in [0.15, 0.2) is 0 Å². The molecule has 23 heavy (non-hydrogen) atoms. The molecule has 7 heteroatoms. The van der Waals surface area contributed by atoms with Crippen LogP contribution in [0.25, 0.3) is 10.9 Å². The van der Waals surface area contributed by atoms with E-state index in [1.54, 1.807) is 6.07 Å². The number of anilines is 1. The second-order valence-electron chi connectivity index (χ2n) is 6.33. The number of nitrogens with zero attached hydrogens (tertiary/aromatic N) is 2. The monoisotopic (exact) mass is 316 g/mol. The molecule has 7 nitrogen and oxygen atoms in total. The number of nitro groups is 1. The average molecular weight is 316 g/mol. The van der Waals surface area contributed by atoms with Gasteiger partial charge in [0.25, 0.3) is 11.2 Å². The summed E-state index contributed by atoms with van der Waals surface area (Å²) in [5, 5.41) is 14.9. The molecule has 0 saturated heterocycles. The lowest BCUT2D eigenvalue weighted by Gasteiger charge is -2.18. The topological polar surface area (TPSA) is 101 Å². The van der Waals surface area contributed by atoms with Crippen molar-refractivity contribution in [2.45, 2.75) is 45.1 Å². The molecule has 1 fully saturated rings. The Hall–Kier alpha value is -2.44. The molecule has 1 aromatic carbocycles. The van der Waals surface area contributed by atoms with Crippen LogP contribution >= 0.6 is 0 Å². The number of aromatic amines is 1.